The number of ether oxygens (including phenoxy) is 1. The van der Waals surface area contributed by atoms with Crippen LogP contribution in [0.5, 0.6) is 5.75 Å². The van der Waals surface area contributed by atoms with Gasteiger partial charge in [0.15, 0.2) is 0 Å². The fourth-order valence-electron chi connectivity index (χ4n) is 2.95. The molecule has 0 aromatic heterocycles. The van der Waals surface area contributed by atoms with Crippen LogP contribution in [0.4, 0.5) is 0 Å². The average Bonchev–Trinajstić information content (AvgIpc) is 2.33. The van der Waals surface area contributed by atoms with E-state index in [2.05, 4.69) is 13.0 Å². The predicted octanol–water partition coefficient (Wildman–Crippen LogP) is 3.67. The zero-order valence-electron chi connectivity index (χ0n) is 10.6. The van der Waals surface area contributed by atoms with Crippen LogP contribution in [0, 0.1) is 17.2 Å². The zero-order chi connectivity index (χ0) is 12.3. The van der Waals surface area contributed by atoms with Gasteiger partial charge >= 0.3 is 0 Å². The van der Waals surface area contributed by atoms with Gasteiger partial charge in [-0.25, -0.2) is 0 Å². The molecule has 1 aliphatic rings. The summed E-state index contributed by atoms with van der Waals surface area (Å²) in [6.07, 6.45) is 4.41. The molecule has 0 bridgehead atoms. The lowest BCUT2D eigenvalue weighted by Gasteiger charge is -2.43. The molecular formula is C15H19NO. The number of rotatable bonds is 4. The molecule has 1 aromatic rings. The van der Waals surface area contributed by atoms with Crippen molar-refractivity contribution in [1.82, 2.24) is 0 Å². The van der Waals surface area contributed by atoms with E-state index in [-0.39, 0.29) is 5.41 Å². The smallest absolute Gasteiger partial charge is 0.123 e. The zero-order valence-corrected chi connectivity index (χ0v) is 10.6. The van der Waals surface area contributed by atoms with Gasteiger partial charge in [-0.3, -0.25) is 0 Å². The SMILES string of the molecule is CCCC1CC(C#N)(c2ccccc2OC)C1. The molecule has 1 fully saturated rings. The maximum absolute atomic E-state index is 9.49. The second-order valence-corrected chi connectivity index (χ2v) is 4.96. The van der Waals surface area contributed by atoms with E-state index in [4.69, 9.17) is 4.74 Å². The molecule has 0 saturated heterocycles. The van der Waals surface area contributed by atoms with Crippen molar-refractivity contribution in [3.05, 3.63) is 29.8 Å². The standard InChI is InChI=1S/C15H19NO/c1-3-6-12-9-15(10-12,11-16)13-7-4-5-8-14(13)17-2/h4-5,7-8,12H,3,6,9-10H2,1-2H3. The quantitative estimate of drug-likeness (QED) is 0.789. The van der Waals surface area contributed by atoms with Crippen molar-refractivity contribution in [1.29, 1.82) is 5.26 Å². The van der Waals surface area contributed by atoms with E-state index >= 15 is 0 Å². The molecule has 17 heavy (non-hydrogen) atoms. The lowest BCUT2D eigenvalue weighted by atomic mass is 9.58. The number of benzene rings is 1. The molecule has 0 aliphatic heterocycles. The fraction of sp³-hybridized carbons (Fsp3) is 0.533. The highest BCUT2D eigenvalue weighted by Gasteiger charge is 2.46. The van der Waals surface area contributed by atoms with Gasteiger partial charge in [-0.05, 0) is 24.8 Å². The Bertz CT molecular complexity index is 427. The number of hydrogen-bond donors (Lipinski definition) is 0. The number of methoxy groups -OCH3 is 1. The van der Waals surface area contributed by atoms with Crippen molar-refractivity contribution in [3.8, 4) is 11.8 Å². The lowest BCUT2D eigenvalue weighted by molar-refractivity contribution is 0.180. The van der Waals surface area contributed by atoms with E-state index in [9.17, 15) is 5.26 Å². The van der Waals surface area contributed by atoms with Gasteiger partial charge in [0, 0.05) is 5.56 Å². The second-order valence-electron chi connectivity index (χ2n) is 4.96. The van der Waals surface area contributed by atoms with Gasteiger partial charge < -0.3 is 4.74 Å². The minimum atomic E-state index is -0.299. The molecule has 0 heterocycles. The molecule has 0 N–H and O–H groups in total. The molecule has 0 radical (unpaired) electrons. The van der Waals surface area contributed by atoms with Gasteiger partial charge in [0.25, 0.3) is 0 Å². The van der Waals surface area contributed by atoms with Crippen LogP contribution in [-0.2, 0) is 5.41 Å². The number of hydrogen-bond acceptors (Lipinski definition) is 2. The summed E-state index contributed by atoms with van der Waals surface area (Å²) in [5.41, 5.74) is 0.768. The van der Waals surface area contributed by atoms with Crippen molar-refractivity contribution in [2.45, 2.75) is 38.0 Å². The van der Waals surface area contributed by atoms with Crippen LogP contribution >= 0.6 is 0 Å². The van der Waals surface area contributed by atoms with Crippen LogP contribution in [0.1, 0.15) is 38.2 Å². The summed E-state index contributed by atoms with van der Waals surface area (Å²) >= 11 is 0. The van der Waals surface area contributed by atoms with Crippen LogP contribution in [-0.4, -0.2) is 7.11 Å². The van der Waals surface area contributed by atoms with Crippen molar-refractivity contribution in [2.24, 2.45) is 5.92 Å². The van der Waals surface area contributed by atoms with Crippen molar-refractivity contribution < 1.29 is 4.74 Å². The first kappa shape index (κ1) is 12.0. The van der Waals surface area contributed by atoms with E-state index < -0.39 is 0 Å². The molecule has 1 aromatic carbocycles. The highest BCUT2D eigenvalue weighted by Crippen LogP contribution is 2.51. The Hall–Kier alpha value is -1.49. The Morgan fingerprint density at radius 2 is 2.12 bits per heavy atom. The third kappa shape index (κ3) is 2.02. The van der Waals surface area contributed by atoms with Gasteiger partial charge in [-0.1, -0.05) is 38.0 Å². The molecule has 90 valence electrons. The maximum atomic E-state index is 9.49. The van der Waals surface area contributed by atoms with Gasteiger partial charge in [0.1, 0.15) is 5.75 Å². The molecule has 1 aliphatic carbocycles. The monoisotopic (exact) mass is 229 g/mol. The molecule has 0 amide bonds. The first-order chi connectivity index (χ1) is 8.25. The first-order valence-corrected chi connectivity index (χ1v) is 6.30. The normalized spacial score (nSPS) is 27.0. The summed E-state index contributed by atoms with van der Waals surface area (Å²) in [5.74, 6) is 1.56. The van der Waals surface area contributed by atoms with Gasteiger partial charge in [-0.2, -0.15) is 5.26 Å². The van der Waals surface area contributed by atoms with E-state index in [0.717, 1.165) is 24.2 Å². The molecule has 2 heteroatoms. The minimum absolute atomic E-state index is 0.299. The van der Waals surface area contributed by atoms with Crippen LogP contribution in [0.3, 0.4) is 0 Å². The van der Waals surface area contributed by atoms with Crippen LogP contribution in [0.15, 0.2) is 24.3 Å². The molecule has 2 rings (SSSR count). The third-order valence-corrected chi connectivity index (χ3v) is 3.81. The number of nitrogens with zero attached hydrogens (tertiary/aromatic N) is 1. The topological polar surface area (TPSA) is 33.0 Å². The van der Waals surface area contributed by atoms with Gasteiger partial charge in [-0.15, -0.1) is 0 Å². The Morgan fingerprint density at radius 1 is 1.41 bits per heavy atom. The summed E-state index contributed by atoms with van der Waals surface area (Å²) < 4.78 is 5.37. The van der Waals surface area contributed by atoms with E-state index in [1.165, 1.54) is 12.8 Å². The highest BCUT2D eigenvalue weighted by molar-refractivity contribution is 5.45. The molecule has 2 nitrogen and oxygen atoms in total. The summed E-state index contributed by atoms with van der Waals surface area (Å²) in [6.45, 7) is 2.20. The fourth-order valence-corrected chi connectivity index (χ4v) is 2.95. The number of nitriles is 1. The first-order valence-electron chi connectivity index (χ1n) is 6.30. The minimum Gasteiger partial charge on any atom is -0.496 e. The Balaban J connectivity index is 2.23. The molecule has 0 unspecified atom stereocenters. The van der Waals surface area contributed by atoms with Gasteiger partial charge in [0.05, 0.1) is 18.6 Å². The molecule has 0 atom stereocenters. The molecule has 0 spiro atoms. The van der Waals surface area contributed by atoms with Gasteiger partial charge in [0.2, 0.25) is 0 Å². The van der Waals surface area contributed by atoms with E-state index in [1.54, 1.807) is 7.11 Å². The Kier molecular flexibility index (Phi) is 3.38. The van der Waals surface area contributed by atoms with Crippen molar-refractivity contribution >= 4 is 0 Å². The summed E-state index contributed by atoms with van der Waals surface area (Å²) in [4.78, 5) is 0. The van der Waals surface area contributed by atoms with Crippen molar-refractivity contribution in [3.63, 3.8) is 0 Å². The van der Waals surface area contributed by atoms with Crippen molar-refractivity contribution in [2.75, 3.05) is 7.11 Å². The van der Waals surface area contributed by atoms with E-state index in [0.29, 0.717) is 5.92 Å². The van der Waals surface area contributed by atoms with E-state index in [1.807, 2.05) is 24.3 Å². The average molecular weight is 229 g/mol. The third-order valence-electron chi connectivity index (χ3n) is 3.81. The summed E-state index contributed by atoms with van der Waals surface area (Å²) in [7, 11) is 1.67. The van der Waals surface area contributed by atoms with Crippen LogP contribution in [0.25, 0.3) is 0 Å². The molecule has 1 saturated carbocycles. The lowest BCUT2D eigenvalue weighted by Crippen LogP contribution is -2.40. The largest absolute Gasteiger partial charge is 0.496 e. The second kappa shape index (κ2) is 4.79. The van der Waals surface area contributed by atoms with Crippen LogP contribution < -0.4 is 4.74 Å². The number of para-hydroxylation sites is 1. The summed E-state index contributed by atoms with van der Waals surface area (Å²) in [6, 6.07) is 10.4. The maximum Gasteiger partial charge on any atom is 0.123 e. The summed E-state index contributed by atoms with van der Waals surface area (Å²) in [5, 5.41) is 9.49. The predicted molar refractivity (Wildman–Crippen MR) is 67.9 cm³/mol. The highest BCUT2D eigenvalue weighted by atomic mass is 16.5. The molecular weight excluding hydrogens is 210 g/mol. The Morgan fingerprint density at radius 3 is 2.71 bits per heavy atom. The van der Waals surface area contributed by atoms with Crippen LogP contribution in [0.2, 0.25) is 0 Å². The Labute approximate surface area is 103 Å².